The lowest BCUT2D eigenvalue weighted by Crippen LogP contribution is -2.41. The first-order chi connectivity index (χ1) is 14.1. The number of thiazole rings is 2. The van der Waals surface area contributed by atoms with Gasteiger partial charge in [0.15, 0.2) is 14.8 Å². The zero-order chi connectivity index (χ0) is 20.0. The third-order valence-electron chi connectivity index (χ3n) is 5.15. The molecule has 5 rings (SSSR count). The summed E-state index contributed by atoms with van der Waals surface area (Å²) < 4.78 is 1.69. The Morgan fingerprint density at radius 2 is 1.97 bits per heavy atom. The molecule has 4 aromatic rings. The molecule has 10 heteroatoms. The van der Waals surface area contributed by atoms with Gasteiger partial charge >= 0.3 is 0 Å². The highest BCUT2D eigenvalue weighted by Crippen LogP contribution is 2.38. The third-order valence-corrected chi connectivity index (χ3v) is 7.28. The Labute approximate surface area is 175 Å². The van der Waals surface area contributed by atoms with E-state index in [1.54, 1.807) is 34.5 Å². The van der Waals surface area contributed by atoms with Crippen molar-refractivity contribution in [3.05, 3.63) is 30.2 Å². The van der Waals surface area contributed by atoms with E-state index in [0.29, 0.717) is 22.4 Å². The van der Waals surface area contributed by atoms with E-state index < -0.39 is 0 Å². The number of fused-ring (bicyclic) bond motifs is 1. The van der Waals surface area contributed by atoms with Crippen LogP contribution in [0.4, 0.5) is 5.13 Å². The van der Waals surface area contributed by atoms with Crippen LogP contribution in [-0.4, -0.2) is 56.0 Å². The molecule has 0 saturated carbocycles. The number of hydrogen-bond donors (Lipinski definition) is 2. The average Bonchev–Trinajstić information content (AvgIpc) is 3.42. The standard InChI is InChI=1S/C19H21N7OS2/c1-11-8-22-26(10-11)13-7-14(27)15(21-9-13)16-23-17-18(28-16)24-19(29-17)25(2)12-3-5-20-6-4-12/h7-10,12,20,27H,3-6H2,1-2H3. The van der Waals surface area contributed by atoms with E-state index >= 15 is 0 Å². The van der Waals surface area contributed by atoms with E-state index in [1.807, 2.05) is 13.1 Å². The zero-order valence-corrected chi connectivity index (χ0v) is 17.8. The predicted molar refractivity (Wildman–Crippen MR) is 116 cm³/mol. The number of pyridine rings is 1. The largest absolute Gasteiger partial charge is 0.505 e. The highest BCUT2D eigenvalue weighted by molar-refractivity contribution is 7.29. The lowest BCUT2D eigenvalue weighted by molar-refractivity contribution is 0.443. The van der Waals surface area contributed by atoms with Gasteiger partial charge in [0.1, 0.15) is 16.5 Å². The molecule has 0 unspecified atom stereocenters. The topological polar surface area (TPSA) is 92.0 Å². The molecule has 0 atom stereocenters. The smallest absolute Gasteiger partial charge is 0.188 e. The first kappa shape index (κ1) is 18.5. The number of nitrogens with zero attached hydrogens (tertiary/aromatic N) is 6. The summed E-state index contributed by atoms with van der Waals surface area (Å²) in [5, 5.41) is 19.9. The van der Waals surface area contributed by atoms with Crippen molar-refractivity contribution in [3.63, 3.8) is 0 Å². The molecule has 0 spiro atoms. The van der Waals surface area contributed by atoms with Crippen molar-refractivity contribution in [2.45, 2.75) is 25.8 Å². The predicted octanol–water partition coefficient (Wildman–Crippen LogP) is 3.20. The molecule has 0 aromatic carbocycles. The van der Waals surface area contributed by atoms with Crippen molar-refractivity contribution in [2.75, 3.05) is 25.0 Å². The quantitative estimate of drug-likeness (QED) is 0.517. The summed E-state index contributed by atoms with van der Waals surface area (Å²) in [4.78, 5) is 18.0. The number of aromatic nitrogens is 5. The van der Waals surface area contributed by atoms with Crippen LogP contribution in [0.3, 0.4) is 0 Å². The molecule has 1 saturated heterocycles. The van der Waals surface area contributed by atoms with Gasteiger partial charge in [-0.2, -0.15) is 5.10 Å². The Balaban J connectivity index is 1.41. The van der Waals surface area contributed by atoms with Gasteiger partial charge in [-0.25, -0.2) is 19.6 Å². The summed E-state index contributed by atoms with van der Waals surface area (Å²) in [7, 11) is 2.11. The van der Waals surface area contributed by atoms with E-state index in [9.17, 15) is 5.11 Å². The summed E-state index contributed by atoms with van der Waals surface area (Å²) in [5.74, 6) is 0.0871. The Kier molecular flexibility index (Phi) is 4.69. The van der Waals surface area contributed by atoms with Crippen LogP contribution < -0.4 is 10.2 Å². The fourth-order valence-electron chi connectivity index (χ4n) is 3.52. The van der Waals surface area contributed by atoms with Crippen molar-refractivity contribution in [2.24, 2.45) is 0 Å². The van der Waals surface area contributed by atoms with E-state index in [2.05, 4.69) is 32.3 Å². The number of piperidine rings is 1. The molecule has 8 nitrogen and oxygen atoms in total. The van der Waals surface area contributed by atoms with Crippen LogP contribution in [0.25, 0.3) is 26.0 Å². The number of aromatic hydroxyl groups is 1. The summed E-state index contributed by atoms with van der Waals surface area (Å²) in [6, 6.07) is 2.17. The molecule has 2 N–H and O–H groups in total. The van der Waals surface area contributed by atoms with Crippen LogP contribution in [-0.2, 0) is 0 Å². The summed E-state index contributed by atoms with van der Waals surface area (Å²) in [6.45, 7) is 4.07. The summed E-state index contributed by atoms with van der Waals surface area (Å²) in [6.07, 6.45) is 7.61. The molecule has 0 bridgehead atoms. The van der Waals surface area contributed by atoms with Gasteiger partial charge in [-0.15, -0.1) is 0 Å². The van der Waals surface area contributed by atoms with Crippen LogP contribution in [0.2, 0.25) is 0 Å². The molecular weight excluding hydrogens is 406 g/mol. The molecule has 150 valence electrons. The minimum atomic E-state index is 0.0871. The van der Waals surface area contributed by atoms with E-state index in [0.717, 1.165) is 46.3 Å². The van der Waals surface area contributed by atoms with Crippen molar-refractivity contribution in [1.29, 1.82) is 0 Å². The molecule has 0 radical (unpaired) electrons. The second-order valence-corrected chi connectivity index (χ2v) is 9.17. The molecule has 29 heavy (non-hydrogen) atoms. The highest BCUT2D eigenvalue weighted by atomic mass is 32.1. The maximum absolute atomic E-state index is 10.5. The highest BCUT2D eigenvalue weighted by Gasteiger charge is 2.22. The van der Waals surface area contributed by atoms with Gasteiger partial charge in [-0.3, -0.25) is 0 Å². The fraction of sp³-hybridized carbons (Fsp3) is 0.368. The minimum absolute atomic E-state index is 0.0871. The lowest BCUT2D eigenvalue weighted by Gasteiger charge is -2.31. The normalized spacial score (nSPS) is 15.2. The van der Waals surface area contributed by atoms with Crippen molar-refractivity contribution < 1.29 is 5.11 Å². The number of anilines is 1. The molecule has 0 aliphatic carbocycles. The Morgan fingerprint density at radius 3 is 2.66 bits per heavy atom. The van der Waals surface area contributed by atoms with Gasteiger partial charge in [0.05, 0.1) is 18.1 Å². The number of hydrogen-bond acceptors (Lipinski definition) is 9. The fourth-order valence-corrected chi connectivity index (χ4v) is 5.60. The van der Waals surface area contributed by atoms with E-state index in [1.165, 1.54) is 11.3 Å². The van der Waals surface area contributed by atoms with Gasteiger partial charge in [-0.1, -0.05) is 22.7 Å². The molecule has 5 heterocycles. The first-order valence-corrected chi connectivity index (χ1v) is 11.1. The molecule has 1 fully saturated rings. The van der Waals surface area contributed by atoms with Crippen molar-refractivity contribution in [1.82, 2.24) is 30.0 Å². The van der Waals surface area contributed by atoms with Crippen LogP contribution >= 0.6 is 22.7 Å². The van der Waals surface area contributed by atoms with Crippen molar-refractivity contribution >= 4 is 37.5 Å². The van der Waals surface area contributed by atoms with E-state index in [-0.39, 0.29) is 5.75 Å². The Morgan fingerprint density at radius 1 is 1.17 bits per heavy atom. The molecule has 1 aliphatic rings. The summed E-state index contributed by atoms with van der Waals surface area (Å²) in [5.41, 5.74) is 2.23. The third kappa shape index (κ3) is 3.47. The summed E-state index contributed by atoms with van der Waals surface area (Å²) >= 11 is 3.05. The maximum atomic E-state index is 10.5. The second kappa shape index (κ2) is 7.36. The van der Waals surface area contributed by atoms with Gasteiger partial charge in [0.25, 0.3) is 0 Å². The SMILES string of the molecule is Cc1cnn(-c2cnc(-c3nc4sc(N(C)C5CCNCC5)nc4s3)c(O)c2)c1. The van der Waals surface area contributed by atoms with Gasteiger partial charge in [0, 0.05) is 25.4 Å². The van der Waals surface area contributed by atoms with Crippen LogP contribution in [0.5, 0.6) is 5.75 Å². The first-order valence-electron chi connectivity index (χ1n) is 9.50. The second-order valence-electron chi connectivity index (χ2n) is 7.24. The van der Waals surface area contributed by atoms with Crippen LogP contribution in [0, 0.1) is 6.92 Å². The molecular formula is C19H21N7OS2. The maximum Gasteiger partial charge on any atom is 0.188 e. The Hall–Kier alpha value is -2.56. The number of rotatable bonds is 4. The molecule has 0 amide bonds. The van der Waals surface area contributed by atoms with Crippen LogP contribution in [0.1, 0.15) is 18.4 Å². The minimum Gasteiger partial charge on any atom is -0.505 e. The lowest BCUT2D eigenvalue weighted by atomic mass is 10.1. The van der Waals surface area contributed by atoms with Gasteiger partial charge < -0.3 is 15.3 Å². The zero-order valence-electron chi connectivity index (χ0n) is 16.2. The van der Waals surface area contributed by atoms with Gasteiger partial charge in [0.2, 0.25) is 0 Å². The number of aryl methyl sites for hydroxylation is 1. The van der Waals surface area contributed by atoms with Crippen LogP contribution in [0.15, 0.2) is 24.7 Å². The van der Waals surface area contributed by atoms with Gasteiger partial charge in [-0.05, 0) is 38.4 Å². The Bertz CT molecular complexity index is 1130. The average molecular weight is 428 g/mol. The molecule has 1 aliphatic heterocycles. The van der Waals surface area contributed by atoms with Crippen molar-refractivity contribution in [3.8, 4) is 22.1 Å². The molecule has 4 aromatic heterocycles. The number of nitrogens with one attached hydrogen (secondary N) is 1. The van der Waals surface area contributed by atoms with E-state index in [4.69, 9.17) is 4.98 Å². The monoisotopic (exact) mass is 427 g/mol.